The molecule has 0 heterocycles. The number of nitrogens with one attached hydrogen (secondary N) is 1. The normalized spacial score (nSPS) is 15.1. The Morgan fingerprint density at radius 1 is 1.42 bits per heavy atom. The molecule has 0 aliphatic carbocycles. The number of aliphatic hydroxyl groups is 1. The molecule has 2 unspecified atom stereocenters. The predicted molar refractivity (Wildman–Crippen MR) is 76.6 cm³/mol. The minimum atomic E-state index is -4.42. The molecule has 1 aromatic rings. The van der Waals surface area contributed by atoms with E-state index in [-0.39, 0.29) is 23.6 Å². The molecule has 0 amide bonds. The summed E-state index contributed by atoms with van der Waals surface area (Å²) in [4.78, 5) is 0. The number of thioether (sulfide) groups is 1. The second-order valence-corrected chi connectivity index (χ2v) is 6.07. The average molecular weight is 358 g/mol. The highest BCUT2D eigenvalue weighted by molar-refractivity contribution is 9.10. The Kier molecular flexibility index (Phi) is 6.01. The Balaban J connectivity index is 3.01. The van der Waals surface area contributed by atoms with Crippen LogP contribution in [0.3, 0.4) is 0 Å². The molecule has 0 saturated carbocycles. The lowest BCUT2D eigenvalue weighted by molar-refractivity contribution is -0.137. The van der Waals surface area contributed by atoms with E-state index in [9.17, 15) is 13.2 Å². The van der Waals surface area contributed by atoms with Gasteiger partial charge in [0, 0.05) is 21.5 Å². The maximum Gasteiger partial charge on any atom is 0.418 e. The second kappa shape index (κ2) is 6.85. The number of anilines is 1. The van der Waals surface area contributed by atoms with Crippen molar-refractivity contribution in [1.82, 2.24) is 0 Å². The van der Waals surface area contributed by atoms with Crippen LogP contribution in [0.1, 0.15) is 12.5 Å². The molecule has 0 aromatic heterocycles. The number of hydrogen-bond acceptors (Lipinski definition) is 3. The van der Waals surface area contributed by atoms with Gasteiger partial charge in [0.1, 0.15) is 0 Å². The third kappa shape index (κ3) is 4.57. The summed E-state index contributed by atoms with van der Waals surface area (Å²) < 4.78 is 39.2. The zero-order valence-electron chi connectivity index (χ0n) is 10.5. The van der Waals surface area contributed by atoms with Gasteiger partial charge in [0.2, 0.25) is 0 Å². The number of alkyl halides is 3. The maximum atomic E-state index is 12.9. The standard InChI is InChI=1S/C12H15BrF3NOS/c1-7(11(6-18)19-2)17-10-4-3-8(13)5-9(10)12(14,15)16/h3-5,7,11,17-18H,6H2,1-2H3. The van der Waals surface area contributed by atoms with Gasteiger partial charge in [-0.05, 0) is 31.4 Å². The number of halogens is 4. The molecule has 0 aliphatic heterocycles. The number of benzene rings is 1. The van der Waals surface area contributed by atoms with Crippen molar-refractivity contribution in [2.45, 2.75) is 24.4 Å². The maximum absolute atomic E-state index is 12.9. The lowest BCUT2D eigenvalue weighted by Crippen LogP contribution is -2.31. The Hall–Kier alpha value is -0.400. The Labute approximate surface area is 122 Å². The third-order valence-electron chi connectivity index (χ3n) is 2.71. The molecule has 7 heteroatoms. The molecule has 1 rings (SSSR count). The second-order valence-electron chi connectivity index (χ2n) is 4.08. The van der Waals surface area contributed by atoms with E-state index in [0.717, 1.165) is 6.07 Å². The van der Waals surface area contributed by atoms with Crippen molar-refractivity contribution >= 4 is 33.4 Å². The first-order valence-corrected chi connectivity index (χ1v) is 7.64. The van der Waals surface area contributed by atoms with Crippen molar-refractivity contribution in [2.75, 3.05) is 18.2 Å². The van der Waals surface area contributed by atoms with Crippen LogP contribution >= 0.6 is 27.7 Å². The van der Waals surface area contributed by atoms with Gasteiger partial charge in [-0.3, -0.25) is 0 Å². The largest absolute Gasteiger partial charge is 0.418 e. The van der Waals surface area contributed by atoms with Crippen LogP contribution in [0, 0.1) is 0 Å². The zero-order valence-corrected chi connectivity index (χ0v) is 12.9. The van der Waals surface area contributed by atoms with E-state index in [0.29, 0.717) is 4.47 Å². The van der Waals surface area contributed by atoms with Gasteiger partial charge < -0.3 is 10.4 Å². The minimum absolute atomic E-state index is 0.0238. The molecule has 0 aliphatic rings. The van der Waals surface area contributed by atoms with Gasteiger partial charge in [-0.15, -0.1) is 0 Å². The van der Waals surface area contributed by atoms with Gasteiger partial charge in [-0.1, -0.05) is 15.9 Å². The first-order chi connectivity index (χ1) is 8.79. The molecule has 0 radical (unpaired) electrons. The lowest BCUT2D eigenvalue weighted by Gasteiger charge is -2.24. The SMILES string of the molecule is CSC(CO)C(C)Nc1ccc(Br)cc1C(F)(F)F. The molecular weight excluding hydrogens is 343 g/mol. The molecule has 19 heavy (non-hydrogen) atoms. The summed E-state index contributed by atoms with van der Waals surface area (Å²) in [5.74, 6) is 0. The molecule has 0 saturated heterocycles. The number of rotatable bonds is 5. The van der Waals surface area contributed by atoms with Crippen molar-refractivity contribution in [2.24, 2.45) is 0 Å². The van der Waals surface area contributed by atoms with Crippen LogP contribution < -0.4 is 5.32 Å². The lowest BCUT2D eigenvalue weighted by atomic mass is 10.1. The monoisotopic (exact) mass is 357 g/mol. The Morgan fingerprint density at radius 3 is 2.53 bits per heavy atom. The highest BCUT2D eigenvalue weighted by Crippen LogP contribution is 2.37. The molecule has 108 valence electrons. The summed E-state index contributed by atoms with van der Waals surface area (Å²) in [6.45, 7) is 1.66. The Bertz CT molecular complexity index is 424. The summed E-state index contributed by atoms with van der Waals surface area (Å²) in [5, 5.41) is 11.8. The van der Waals surface area contributed by atoms with Crippen LogP contribution in [-0.2, 0) is 6.18 Å². The van der Waals surface area contributed by atoms with E-state index >= 15 is 0 Å². The highest BCUT2D eigenvalue weighted by atomic mass is 79.9. The van der Waals surface area contributed by atoms with E-state index in [1.807, 2.05) is 6.26 Å². The summed E-state index contributed by atoms with van der Waals surface area (Å²) >= 11 is 4.45. The fraction of sp³-hybridized carbons (Fsp3) is 0.500. The summed E-state index contributed by atoms with van der Waals surface area (Å²) in [6, 6.07) is 3.71. The molecule has 0 spiro atoms. The Morgan fingerprint density at radius 2 is 2.05 bits per heavy atom. The molecule has 2 atom stereocenters. The smallest absolute Gasteiger partial charge is 0.395 e. The van der Waals surface area contributed by atoms with Gasteiger partial charge in [0.15, 0.2) is 0 Å². The van der Waals surface area contributed by atoms with E-state index in [1.54, 1.807) is 13.0 Å². The third-order valence-corrected chi connectivity index (χ3v) is 4.37. The van der Waals surface area contributed by atoms with E-state index in [1.165, 1.54) is 17.8 Å². The van der Waals surface area contributed by atoms with Crippen molar-refractivity contribution in [1.29, 1.82) is 0 Å². The highest BCUT2D eigenvalue weighted by Gasteiger charge is 2.34. The van der Waals surface area contributed by atoms with Crippen molar-refractivity contribution < 1.29 is 18.3 Å². The molecular formula is C12H15BrF3NOS. The van der Waals surface area contributed by atoms with E-state index < -0.39 is 11.7 Å². The van der Waals surface area contributed by atoms with Crippen LogP contribution in [-0.4, -0.2) is 29.3 Å². The molecule has 1 aromatic carbocycles. The van der Waals surface area contributed by atoms with Crippen LogP contribution in [0.15, 0.2) is 22.7 Å². The fourth-order valence-corrected chi connectivity index (χ4v) is 2.64. The van der Waals surface area contributed by atoms with E-state index in [2.05, 4.69) is 21.2 Å². The number of aliphatic hydroxyl groups excluding tert-OH is 1. The van der Waals surface area contributed by atoms with Crippen molar-refractivity contribution in [3.8, 4) is 0 Å². The average Bonchev–Trinajstić information content (AvgIpc) is 2.31. The molecule has 2 nitrogen and oxygen atoms in total. The molecule has 0 bridgehead atoms. The van der Waals surface area contributed by atoms with E-state index in [4.69, 9.17) is 5.11 Å². The van der Waals surface area contributed by atoms with Gasteiger partial charge in [0.25, 0.3) is 0 Å². The first kappa shape index (κ1) is 16.7. The molecule has 0 fully saturated rings. The quantitative estimate of drug-likeness (QED) is 0.835. The van der Waals surface area contributed by atoms with Crippen LogP contribution in [0.2, 0.25) is 0 Å². The van der Waals surface area contributed by atoms with Crippen molar-refractivity contribution in [3.05, 3.63) is 28.2 Å². The van der Waals surface area contributed by atoms with Gasteiger partial charge >= 0.3 is 6.18 Å². The van der Waals surface area contributed by atoms with Gasteiger partial charge in [0.05, 0.1) is 12.2 Å². The predicted octanol–water partition coefficient (Wildman–Crippen LogP) is 3.99. The fourth-order valence-electron chi connectivity index (χ4n) is 1.65. The summed E-state index contributed by atoms with van der Waals surface area (Å²) in [5.41, 5.74) is -0.692. The first-order valence-electron chi connectivity index (χ1n) is 5.56. The summed E-state index contributed by atoms with van der Waals surface area (Å²) in [7, 11) is 0. The van der Waals surface area contributed by atoms with Crippen molar-refractivity contribution in [3.63, 3.8) is 0 Å². The van der Waals surface area contributed by atoms with Gasteiger partial charge in [-0.25, -0.2) is 0 Å². The molecule has 2 N–H and O–H groups in total. The zero-order chi connectivity index (χ0) is 14.6. The van der Waals surface area contributed by atoms with Gasteiger partial charge in [-0.2, -0.15) is 24.9 Å². The number of hydrogen-bond donors (Lipinski definition) is 2. The topological polar surface area (TPSA) is 32.3 Å². The van der Waals surface area contributed by atoms with Crippen LogP contribution in [0.4, 0.5) is 18.9 Å². The minimum Gasteiger partial charge on any atom is -0.395 e. The van der Waals surface area contributed by atoms with Crippen LogP contribution in [0.5, 0.6) is 0 Å². The summed E-state index contributed by atoms with van der Waals surface area (Å²) in [6.07, 6.45) is -2.61. The van der Waals surface area contributed by atoms with Crippen LogP contribution in [0.25, 0.3) is 0 Å².